The molecule has 7 nitrogen and oxygen atoms in total. The average molecular weight is 476 g/mol. The van der Waals surface area contributed by atoms with E-state index in [1.165, 1.54) is 43.8 Å². The van der Waals surface area contributed by atoms with Gasteiger partial charge in [0.15, 0.2) is 0 Å². The zero-order valence-electron chi connectivity index (χ0n) is 18.9. The summed E-state index contributed by atoms with van der Waals surface area (Å²) in [4.78, 5) is 25.6. The van der Waals surface area contributed by atoms with E-state index in [9.17, 15) is 18.0 Å². The molecular formula is C24H28F3N5O2. The number of amides is 1. The third kappa shape index (κ3) is 5.60. The molecule has 34 heavy (non-hydrogen) atoms. The predicted molar refractivity (Wildman–Crippen MR) is 119 cm³/mol. The van der Waals surface area contributed by atoms with Crippen LogP contribution in [0, 0.1) is 0 Å². The second-order valence-corrected chi connectivity index (χ2v) is 9.34. The summed E-state index contributed by atoms with van der Waals surface area (Å²) in [6, 6.07) is 5.31. The van der Waals surface area contributed by atoms with Crippen molar-refractivity contribution < 1.29 is 22.7 Å². The van der Waals surface area contributed by atoms with Gasteiger partial charge in [-0.1, -0.05) is 12.5 Å². The Morgan fingerprint density at radius 2 is 1.82 bits per heavy atom. The first kappa shape index (κ1) is 22.9. The van der Waals surface area contributed by atoms with Gasteiger partial charge in [0.05, 0.1) is 12.2 Å². The molecule has 5 rings (SSSR count). The molecule has 10 heteroatoms. The normalized spacial score (nSPS) is 19.6. The van der Waals surface area contributed by atoms with Crippen molar-refractivity contribution in [1.29, 1.82) is 0 Å². The van der Waals surface area contributed by atoms with E-state index in [0.29, 0.717) is 29.8 Å². The maximum atomic E-state index is 12.9. The van der Waals surface area contributed by atoms with Crippen molar-refractivity contribution in [3.05, 3.63) is 47.3 Å². The third-order valence-electron chi connectivity index (χ3n) is 6.72. The summed E-state index contributed by atoms with van der Waals surface area (Å²) in [5.41, 5.74) is 1.92. The number of carbonyl (C=O) groups is 1. The van der Waals surface area contributed by atoms with E-state index in [4.69, 9.17) is 0 Å². The molecule has 1 amide bonds. The highest BCUT2D eigenvalue weighted by atomic mass is 19.4. The summed E-state index contributed by atoms with van der Waals surface area (Å²) in [5.74, 6) is 0.295. The van der Waals surface area contributed by atoms with Crippen LogP contribution in [0.15, 0.2) is 30.6 Å². The quantitative estimate of drug-likeness (QED) is 0.635. The fourth-order valence-electron chi connectivity index (χ4n) is 4.57. The standard InChI is InChI=1S/C24H28F3N5O2/c25-24(26,27)34-21-10-16(9-18(11-21)17-5-6-17)12-28-23-29-13-19(14-30-23)22(33)32-8-2-7-31(15-32)20-3-1-4-20/h9-11,13-14,17,20H,1-8,12,15H2,(H,28,29,30). The Morgan fingerprint density at radius 3 is 2.47 bits per heavy atom. The highest BCUT2D eigenvalue weighted by Gasteiger charge is 2.33. The number of hydrogen-bond donors (Lipinski definition) is 1. The van der Waals surface area contributed by atoms with E-state index in [-0.39, 0.29) is 24.1 Å². The van der Waals surface area contributed by atoms with Crippen molar-refractivity contribution in [3.8, 4) is 5.75 Å². The molecule has 1 N–H and O–H groups in total. The number of anilines is 1. The van der Waals surface area contributed by atoms with Gasteiger partial charge >= 0.3 is 6.36 Å². The summed E-state index contributed by atoms with van der Waals surface area (Å²) in [6.45, 7) is 2.64. The first-order chi connectivity index (χ1) is 16.3. The Labute approximate surface area is 196 Å². The van der Waals surface area contributed by atoms with Crippen LogP contribution in [0.2, 0.25) is 0 Å². The Kier molecular flexibility index (Phi) is 6.33. The number of nitrogens with zero attached hydrogens (tertiary/aromatic N) is 4. The van der Waals surface area contributed by atoms with Crippen molar-refractivity contribution in [2.45, 2.75) is 63.4 Å². The monoisotopic (exact) mass is 475 g/mol. The lowest BCUT2D eigenvalue weighted by Crippen LogP contribution is -2.53. The van der Waals surface area contributed by atoms with Crippen LogP contribution in [-0.2, 0) is 6.54 Å². The van der Waals surface area contributed by atoms with Gasteiger partial charge in [0.25, 0.3) is 5.91 Å². The molecule has 0 radical (unpaired) electrons. The number of rotatable bonds is 7. The van der Waals surface area contributed by atoms with E-state index in [0.717, 1.165) is 37.9 Å². The third-order valence-corrected chi connectivity index (χ3v) is 6.72. The van der Waals surface area contributed by atoms with Crippen LogP contribution in [0.1, 0.15) is 65.9 Å². The number of nitrogens with one attached hydrogen (secondary N) is 1. The highest BCUT2D eigenvalue weighted by Crippen LogP contribution is 2.42. The van der Waals surface area contributed by atoms with Gasteiger partial charge in [-0.05, 0) is 61.3 Å². The molecule has 1 aliphatic heterocycles. The Morgan fingerprint density at radius 1 is 1.06 bits per heavy atom. The summed E-state index contributed by atoms with van der Waals surface area (Å²) < 4.78 is 42.2. The SMILES string of the molecule is O=C(c1cnc(NCc2cc(OC(F)(F)F)cc(C3CC3)c2)nc1)N1CCCN(C2CCC2)C1. The molecule has 3 aliphatic rings. The van der Waals surface area contributed by atoms with Gasteiger partial charge in [0, 0.05) is 38.1 Å². The van der Waals surface area contributed by atoms with E-state index >= 15 is 0 Å². The lowest BCUT2D eigenvalue weighted by molar-refractivity contribution is -0.274. The molecule has 0 spiro atoms. The molecule has 182 valence electrons. The van der Waals surface area contributed by atoms with Gasteiger partial charge in [-0.2, -0.15) is 0 Å². The Hall–Kier alpha value is -2.88. The predicted octanol–water partition coefficient (Wildman–Crippen LogP) is 4.52. The molecule has 0 bridgehead atoms. The number of aromatic nitrogens is 2. The fraction of sp³-hybridized carbons (Fsp3) is 0.542. The number of hydrogen-bond acceptors (Lipinski definition) is 6. The number of alkyl halides is 3. The average Bonchev–Trinajstić information content (AvgIpc) is 3.61. The van der Waals surface area contributed by atoms with Crippen molar-refractivity contribution in [2.75, 3.05) is 25.1 Å². The zero-order chi connectivity index (χ0) is 23.7. The molecule has 0 atom stereocenters. The number of carbonyl (C=O) groups excluding carboxylic acids is 1. The second kappa shape index (κ2) is 9.40. The number of benzene rings is 1. The second-order valence-electron chi connectivity index (χ2n) is 9.34. The Balaban J connectivity index is 1.20. The Bertz CT molecular complexity index is 1020. The molecular weight excluding hydrogens is 447 g/mol. The van der Waals surface area contributed by atoms with E-state index < -0.39 is 6.36 Å². The van der Waals surface area contributed by atoms with Crippen LogP contribution in [0.3, 0.4) is 0 Å². The van der Waals surface area contributed by atoms with Crippen LogP contribution in [0.5, 0.6) is 5.75 Å². The smallest absolute Gasteiger partial charge is 0.406 e. The van der Waals surface area contributed by atoms with Crippen molar-refractivity contribution >= 4 is 11.9 Å². The van der Waals surface area contributed by atoms with Gasteiger partial charge in [0.2, 0.25) is 5.95 Å². The molecule has 1 aromatic heterocycles. The first-order valence-corrected chi connectivity index (χ1v) is 11.8. The van der Waals surface area contributed by atoms with Crippen LogP contribution in [0.25, 0.3) is 0 Å². The largest absolute Gasteiger partial charge is 0.573 e. The van der Waals surface area contributed by atoms with Crippen LogP contribution >= 0.6 is 0 Å². The van der Waals surface area contributed by atoms with E-state index in [2.05, 4.69) is 24.9 Å². The minimum atomic E-state index is -4.73. The molecule has 1 saturated heterocycles. The van der Waals surface area contributed by atoms with Crippen LogP contribution in [-0.4, -0.2) is 57.8 Å². The molecule has 2 aliphatic carbocycles. The van der Waals surface area contributed by atoms with Crippen LogP contribution < -0.4 is 10.1 Å². The van der Waals surface area contributed by atoms with Crippen molar-refractivity contribution in [2.24, 2.45) is 0 Å². The number of halogens is 3. The molecule has 2 saturated carbocycles. The molecule has 2 aromatic rings. The molecule has 1 aromatic carbocycles. The van der Waals surface area contributed by atoms with Gasteiger partial charge in [-0.15, -0.1) is 13.2 Å². The maximum Gasteiger partial charge on any atom is 0.573 e. The number of ether oxygens (including phenoxy) is 1. The zero-order valence-corrected chi connectivity index (χ0v) is 18.9. The summed E-state index contributed by atoms with van der Waals surface area (Å²) >= 11 is 0. The summed E-state index contributed by atoms with van der Waals surface area (Å²) in [5, 5.41) is 3.03. The maximum absolute atomic E-state index is 12.9. The van der Waals surface area contributed by atoms with Crippen molar-refractivity contribution in [3.63, 3.8) is 0 Å². The van der Waals surface area contributed by atoms with E-state index in [1.54, 1.807) is 0 Å². The van der Waals surface area contributed by atoms with Gasteiger partial charge in [-0.3, -0.25) is 9.69 Å². The van der Waals surface area contributed by atoms with Crippen molar-refractivity contribution in [1.82, 2.24) is 19.8 Å². The minimum Gasteiger partial charge on any atom is -0.406 e. The molecule has 0 unspecified atom stereocenters. The molecule has 3 fully saturated rings. The lowest BCUT2D eigenvalue weighted by atomic mass is 9.91. The minimum absolute atomic E-state index is 0.0818. The van der Waals surface area contributed by atoms with Gasteiger partial charge in [-0.25, -0.2) is 9.97 Å². The topological polar surface area (TPSA) is 70.6 Å². The summed E-state index contributed by atoms with van der Waals surface area (Å²) in [7, 11) is 0. The van der Waals surface area contributed by atoms with Gasteiger partial charge < -0.3 is 15.0 Å². The lowest BCUT2D eigenvalue weighted by Gasteiger charge is -2.43. The summed E-state index contributed by atoms with van der Waals surface area (Å²) in [6.07, 6.45) is 4.84. The fourth-order valence-corrected chi connectivity index (χ4v) is 4.57. The van der Waals surface area contributed by atoms with Gasteiger partial charge in [0.1, 0.15) is 5.75 Å². The highest BCUT2D eigenvalue weighted by molar-refractivity contribution is 5.93. The first-order valence-electron chi connectivity index (χ1n) is 11.8. The van der Waals surface area contributed by atoms with E-state index in [1.807, 2.05) is 11.0 Å². The van der Waals surface area contributed by atoms with Crippen LogP contribution in [0.4, 0.5) is 19.1 Å². The molecule has 2 heterocycles.